The Morgan fingerprint density at radius 3 is 2.55 bits per heavy atom. The Morgan fingerprint density at radius 1 is 1.13 bits per heavy atom. The Morgan fingerprint density at radius 2 is 1.87 bits per heavy atom. The maximum Gasteiger partial charge on any atom is 0.339 e. The van der Waals surface area contributed by atoms with Crippen molar-refractivity contribution in [2.75, 3.05) is 6.61 Å². The van der Waals surface area contributed by atoms with E-state index in [0.29, 0.717) is 36.2 Å². The summed E-state index contributed by atoms with van der Waals surface area (Å²) < 4.78 is 11.0. The Kier molecular flexibility index (Phi) is 9.56. The number of carbonyl (C=O) groups is 2. The van der Waals surface area contributed by atoms with Crippen LogP contribution in [0.15, 0.2) is 27.4 Å². The molecule has 0 saturated carbocycles. The summed E-state index contributed by atoms with van der Waals surface area (Å²) in [5, 5.41) is 14.4. The maximum absolute atomic E-state index is 12.4. The van der Waals surface area contributed by atoms with E-state index in [9.17, 15) is 19.5 Å². The second kappa shape index (κ2) is 12.1. The molecule has 7 heteroatoms. The first-order chi connectivity index (χ1) is 14.9. The smallest absolute Gasteiger partial charge is 0.339 e. The molecule has 1 aromatic carbocycles. The maximum atomic E-state index is 12.4. The number of benzene rings is 1. The van der Waals surface area contributed by atoms with Gasteiger partial charge in [-0.25, -0.2) is 4.79 Å². The van der Waals surface area contributed by atoms with Crippen LogP contribution in [-0.4, -0.2) is 24.5 Å². The lowest BCUT2D eigenvalue weighted by molar-refractivity contribution is -0.308. The molecule has 0 aliphatic heterocycles. The summed E-state index contributed by atoms with van der Waals surface area (Å²) in [5.74, 6) is -1.50. The molecule has 1 heterocycles. The number of carbonyl (C=O) groups excluding carboxylic acids is 2. The predicted octanol–water partition coefficient (Wildman–Crippen LogP) is 3.03. The minimum absolute atomic E-state index is 0.311. The van der Waals surface area contributed by atoms with Gasteiger partial charge in [0.25, 0.3) is 5.91 Å². The largest absolute Gasteiger partial charge is 0.548 e. The van der Waals surface area contributed by atoms with Crippen molar-refractivity contribution in [1.29, 1.82) is 0 Å². The zero-order valence-corrected chi connectivity index (χ0v) is 18.6. The van der Waals surface area contributed by atoms with Gasteiger partial charge in [0.15, 0.2) is 6.61 Å². The van der Waals surface area contributed by atoms with E-state index in [1.54, 1.807) is 12.1 Å². The van der Waals surface area contributed by atoms with E-state index in [1.165, 1.54) is 0 Å². The Balaban J connectivity index is 2.05. The number of nitrogens with one attached hydrogen (secondary N) is 1. The lowest BCUT2D eigenvalue weighted by Crippen LogP contribution is -2.49. The molecule has 0 bridgehead atoms. The van der Waals surface area contributed by atoms with Gasteiger partial charge in [0.2, 0.25) is 0 Å². The van der Waals surface area contributed by atoms with E-state index in [0.717, 1.165) is 43.1 Å². The van der Waals surface area contributed by atoms with E-state index in [4.69, 9.17) is 9.15 Å². The summed E-state index contributed by atoms with van der Waals surface area (Å²) in [6, 6.07) is 4.05. The van der Waals surface area contributed by atoms with Crippen molar-refractivity contribution >= 4 is 22.8 Å². The third-order valence-corrected chi connectivity index (χ3v) is 5.38. The van der Waals surface area contributed by atoms with E-state index < -0.39 is 17.9 Å². The van der Waals surface area contributed by atoms with Crippen LogP contribution in [0.2, 0.25) is 0 Å². The van der Waals surface area contributed by atoms with Crippen LogP contribution in [-0.2, 0) is 16.0 Å². The summed E-state index contributed by atoms with van der Waals surface area (Å²) >= 11 is 0. The molecule has 31 heavy (non-hydrogen) atoms. The number of amides is 1. The average Bonchev–Trinajstić information content (AvgIpc) is 2.74. The van der Waals surface area contributed by atoms with Crippen LogP contribution < -0.4 is 20.8 Å². The van der Waals surface area contributed by atoms with Gasteiger partial charge in [-0.2, -0.15) is 0 Å². The molecule has 1 amide bonds. The second-order valence-electron chi connectivity index (χ2n) is 7.83. The molecule has 0 unspecified atom stereocenters. The van der Waals surface area contributed by atoms with Crippen LogP contribution in [0.25, 0.3) is 11.0 Å². The average molecular weight is 431 g/mol. The molecule has 1 aromatic heterocycles. The number of aliphatic carboxylic acids is 1. The van der Waals surface area contributed by atoms with Gasteiger partial charge in [-0.05, 0) is 43.9 Å². The van der Waals surface area contributed by atoms with Crippen molar-refractivity contribution in [2.24, 2.45) is 0 Å². The summed E-state index contributed by atoms with van der Waals surface area (Å²) in [7, 11) is 0. The molecule has 1 N–H and O–H groups in total. The van der Waals surface area contributed by atoms with Crippen LogP contribution in [0.3, 0.4) is 0 Å². The molecule has 170 valence electrons. The number of carboxylic acids is 1. The fourth-order valence-corrected chi connectivity index (χ4v) is 3.52. The quantitative estimate of drug-likeness (QED) is 0.386. The SMILES string of the molecule is CCCCCCc1c(C)c2ccc(OCC(=O)N[C@@H](CCCC)C(=O)[O-])cc2oc1=O. The van der Waals surface area contributed by atoms with Gasteiger partial charge in [0.05, 0.1) is 12.0 Å². The highest BCUT2D eigenvalue weighted by Gasteiger charge is 2.15. The molecule has 0 spiro atoms. The van der Waals surface area contributed by atoms with Crippen molar-refractivity contribution in [1.82, 2.24) is 5.32 Å². The number of unbranched alkanes of at least 4 members (excludes halogenated alkanes) is 4. The van der Waals surface area contributed by atoms with Gasteiger partial charge in [-0.15, -0.1) is 0 Å². The third kappa shape index (κ3) is 7.12. The number of carboxylic acid groups (broad SMARTS) is 1. The molecule has 7 nitrogen and oxygen atoms in total. The van der Waals surface area contributed by atoms with Crippen molar-refractivity contribution in [3.05, 3.63) is 39.7 Å². The molecule has 0 saturated heterocycles. The molecule has 0 aliphatic carbocycles. The van der Waals surface area contributed by atoms with E-state index in [2.05, 4.69) is 12.2 Å². The topological polar surface area (TPSA) is 109 Å². The highest BCUT2D eigenvalue weighted by Crippen LogP contribution is 2.25. The zero-order valence-electron chi connectivity index (χ0n) is 18.6. The van der Waals surface area contributed by atoms with E-state index in [-0.39, 0.29) is 12.2 Å². The van der Waals surface area contributed by atoms with Crippen molar-refractivity contribution in [2.45, 2.75) is 78.2 Å². The molecular formula is C24H32NO6-. The Hall–Kier alpha value is -2.83. The van der Waals surface area contributed by atoms with Gasteiger partial charge in [0.1, 0.15) is 11.3 Å². The van der Waals surface area contributed by atoms with Gasteiger partial charge in [-0.1, -0.05) is 46.0 Å². The predicted molar refractivity (Wildman–Crippen MR) is 117 cm³/mol. The zero-order chi connectivity index (χ0) is 22.8. The first-order valence-corrected chi connectivity index (χ1v) is 11.1. The highest BCUT2D eigenvalue weighted by atomic mass is 16.5. The van der Waals surface area contributed by atoms with E-state index in [1.807, 2.05) is 19.9 Å². The number of ether oxygens (including phenoxy) is 1. The van der Waals surface area contributed by atoms with Crippen LogP contribution in [0, 0.1) is 6.92 Å². The van der Waals surface area contributed by atoms with Gasteiger partial charge >= 0.3 is 5.63 Å². The number of rotatable bonds is 13. The van der Waals surface area contributed by atoms with Gasteiger partial charge < -0.3 is 24.4 Å². The molecule has 0 aliphatic rings. The number of fused-ring (bicyclic) bond motifs is 1. The minimum atomic E-state index is -1.31. The standard InChI is InChI=1S/C24H33NO6/c1-4-6-8-9-10-19-16(3)18-13-12-17(14-21(18)31-24(19)29)30-15-22(26)25-20(23(27)28)11-7-5-2/h12-14,20H,4-11,15H2,1-3H3,(H,25,26)(H,27,28)/p-1/t20-/m0/s1. The number of hydrogen-bond acceptors (Lipinski definition) is 6. The van der Waals surface area contributed by atoms with Crippen molar-refractivity contribution < 1.29 is 23.8 Å². The van der Waals surface area contributed by atoms with Crippen LogP contribution in [0.5, 0.6) is 5.75 Å². The summed E-state index contributed by atoms with van der Waals surface area (Å²) in [6.45, 7) is 5.65. The number of hydrogen-bond donors (Lipinski definition) is 1. The van der Waals surface area contributed by atoms with Crippen LogP contribution >= 0.6 is 0 Å². The first kappa shape index (κ1) is 24.4. The van der Waals surface area contributed by atoms with Crippen LogP contribution in [0.1, 0.15) is 69.9 Å². The normalized spacial score (nSPS) is 12.0. The summed E-state index contributed by atoms with van der Waals surface area (Å²) in [5.41, 5.74) is 1.66. The molecule has 2 rings (SSSR count). The summed E-state index contributed by atoms with van der Waals surface area (Å²) in [4.78, 5) is 35.6. The monoisotopic (exact) mass is 430 g/mol. The molecule has 2 aromatic rings. The fraction of sp³-hybridized carbons (Fsp3) is 0.542. The Bertz CT molecular complexity index is 949. The van der Waals surface area contributed by atoms with Crippen molar-refractivity contribution in [3.63, 3.8) is 0 Å². The van der Waals surface area contributed by atoms with Gasteiger partial charge in [-0.3, -0.25) is 4.79 Å². The molecule has 1 atom stereocenters. The van der Waals surface area contributed by atoms with Crippen LogP contribution in [0.4, 0.5) is 0 Å². The highest BCUT2D eigenvalue weighted by molar-refractivity contribution is 5.84. The summed E-state index contributed by atoms with van der Waals surface area (Å²) in [6.07, 6.45) is 6.81. The molecular weight excluding hydrogens is 398 g/mol. The van der Waals surface area contributed by atoms with Crippen molar-refractivity contribution in [3.8, 4) is 5.75 Å². The Labute approximate surface area is 182 Å². The first-order valence-electron chi connectivity index (χ1n) is 11.1. The third-order valence-electron chi connectivity index (χ3n) is 5.38. The van der Waals surface area contributed by atoms with E-state index >= 15 is 0 Å². The molecule has 0 fully saturated rings. The lowest BCUT2D eigenvalue weighted by atomic mass is 10.0. The minimum Gasteiger partial charge on any atom is -0.548 e. The molecule has 0 radical (unpaired) electrons. The fourth-order valence-electron chi connectivity index (χ4n) is 3.52. The second-order valence-corrected chi connectivity index (χ2v) is 7.83. The lowest BCUT2D eigenvalue weighted by Gasteiger charge is -2.19. The van der Waals surface area contributed by atoms with Gasteiger partial charge in [0, 0.05) is 17.0 Å². The number of aryl methyl sites for hydroxylation is 1.